The smallest absolute Gasteiger partial charge is 0.369 e. The number of benzene rings is 2. The highest BCUT2D eigenvalue weighted by Gasteiger charge is 2.33. The predicted octanol–water partition coefficient (Wildman–Crippen LogP) is 4.56. The molecule has 0 aliphatic heterocycles. The quantitative estimate of drug-likeness (QED) is 0.481. The molecule has 3 N–H and O–H groups in total. The lowest BCUT2D eigenvalue weighted by atomic mass is 10.2. The minimum absolute atomic E-state index is 0.0834. The molecule has 2 aromatic carbocycles. The molecule has 2 rings (SSSR count). The summed E-state index contributed by atoms with van der Waals surface area (Å²) in [6, 6.07) is 8.42. The largest absolute Gasteiger partial charge is 0.417 e. The first-order valence-electron chi connectivity index (χ1n) is 5.99. The molecule has 0 saturated heterocycles. The molecule has 0 spiro atoms. The van der Waals surface area contributed by atoms with E-state index in [2.05, 4.69) is 10.3 Å². The Morgan fingerprint density at radius 3 is 2.32 bits per heavy atom. The van der Waals surface area contributed by atoms with E-state index in [1.165, 1.54) is 30.3 Å². The topological polar surface area (TPSA) is 50.4 Å². The SMILES string of the molecule is NC(=Nc1ccc(F)cc1)Nc1ccc(Cl)c(C(F)(F)F)c1. The van der Waals surface area contributed by atoms with E-state index in [9.17, 15) is 17.6 Å². The Hall–Kier alpha value is -2.28. The third-order valence-corrected chi connectivity index (χ3v) is 2.95. The van der Waals surface area contributed by atoms with Crippen LogP contribution in [0.3, 0.4) is 0 Å². The van der Waals surface area contributed by atoms with Crippen LogP contribution in [-0.4, -0.2) is 5.96 Å². The maximum atomic E-state index is 12.8. The zero-order chi connectivity index (χ0) is 16.3. The van der Waals surface area contributed by atoms with Crippen molar-refractivity contribution in [2.75, 3.05) is 5.32 Å². The molecule has 0 heterocycles. The molecule has 0 atom stereocenters. The fourth-order valence-electron chi connectivity index (χ4n) is 1.65. The van der Waals surface area contributed by atoms with Crippen LogP contribution < -0.4 is 11.1 Å². The molecule has 0 fully saturated rings. The molecule has 0 aliphatic rings. The number of hydrogen-bond donors (Lipinski definition) is 2. The highest BCUT2D eigenvalue weighted by molar-refractivity contribution is 6.31. The van der Waals surface area contributed by atoms with Crippen molar-refractivity contribution in [3.05, 3.63) is 58.9 Å². The summed E-state index contributed by atoms with van der Waals surface area (Å²) in [6.07, 6.45) is -4.57. The van der Waals surface area contributed by atoms with Crippen molar-refractivity contribution in [1.82, 2.24) is 0 Å². The predicted molar refractivity (Wildman–Crippen MR) is 77.8 cm³/mol. The van der Waals surface area contributed by atoms with Crippen LogP contribution in [0.5, 0.6) is 0 Å². The number of nitrogens with one attached hydrogen (secondary N) is 1. The zero-order valence-corrected chi connectivity index (χ0v) is 11.7. The van der Waals surface area contributed by atoms with Crippen molar-refractivity contribution >= 4 is 28.9 Å². The molecule has 2 aromatic rings. The van der Waals surface area contributed by atoms with Crippen LogP contribution in [0.2, 0.25) is 5.02 Å². The van der Waals surface area contributed by atoms with Gasteiger partial charge < -0.3 is 11.1 Å². The molecule has 8 heteroatoms. The number of nitrogens with zero attached hydrogens (tertiary/aromatic N) is 1. The third-order valence-electron chi connectivity index (χ3n) is 2.62. The average Bonchev–Trinajstić information content (AvgIpc) is 2.42. The molecule has 0 saturated carbocycles. The van der Waals surface area contributed by atoms with Crippen LogP contribution in [-0.2, 0) is 6.18 Å². The van der Waals surface area contributed by atoms with E-state index in [-0.39, 0.29) is 11.6 Å². The van der Waals surface area contributed by atoms with Gasteiger partial charge >= 0.3 is 6.18 Å². The number of anilines is 1. The van der Waals surface area contributed by atoms with Gasteiger partial charge in [0.05, 0.1) is 16.3 Å². The lowest BCUT2D eigenvalue weighted by molar-refractivity contribution is -0.137. The second kappa shape index (κ2) is 6.23. The first-order valence-corrected chi connectivity index (χ1v) is 6.37. The number of halogens is 5. The first kappa shape index (κ1) is 16.1. The van der Waals surface area contributed by atoms with Gasteiger partial charge in [-0.1, -0.05) is 11.6 Å². The Morgan fingerprint density at radius 2 is 1.73 bits per heavy atom. The van der Waals surface area contributed by atoms with Crippen molar-refractivity contribution in [2.24, 2.45) is 10.7 Å². The summed E-state index contributed by atoms with van der Waals surface area (Å²) >= 11 is 5.52. The maximum Gasteiger partial charge on any atom is 0.417 e. The van der Waals surface area contributed by atoms with Crippen LogP contribution in [0.15, 0.2) is 47.5 Å². The van der Waals surface area contributed by atoms with E-state index in [4.69, 9.17) is 17.3 Å². The summed E-state index contributed by atoms with van der Waals surface area (Å²) in [4.78, 5) is 3.91. The van der Waals surface area contributed by atoms with Gasteiger partial charge in [0.1, 0.15) is 5.82 Å². The van der Waals surface area contributed by atoms with E-state index in [0.717, 1.165) is 12.1 Å². The average molecular weight is 332 g/mol. The van der Waals surface area contributed by atoms with Gasteiger partial charge in [-0.2, -0.15) is 13.2 Å². The molecule has 0 aromatic heterocycles. The van der Waals surface area contributed by atoms with Crippen molar-refractivity contribution in [2.45, 2.75) is 6.18 Å². The fraction of sp³-hybridized carbons (Fsp3) is 0.0714. The van der Waals surface area contributed by atoms with Gasteiger partial charge in [-0.05, 0) is 42.5 Å². The monoisotopic (exact) mass is 331 g/mol. The van der Waals surface area contributed by atoms with E-state index in [1.807, 2.05) is 0 Å². The molecule has 116 valence electrons. The van der Waals surface area contributed by atoms with Crippen molar-refractivity contribution in [1.29, 1.82) is 0 Å². The first-order chi connectivity index (χ1) is 10.3. The van der Waals surface area contributed by atoms with Crippen LogP contribution in [0.4, 0.5) is 28.9 Å². The van der Waals surface area contributed by atoms with Crippen molar-refractivity contribution in [3.8, 4) is 0 Å². The molecular weight excluding hydrogens is 322 g/mol. The Morgan fingerprint density at radius 1 is 1.09 bits per heavy atom. The fourth-order valence-corrected chi connectivity index (χ4v) is 1.88. The van der Waals surface area contributed by atoms with E-state index >= 15 is 0 Å². The number of aliphatic imine (C=N–C) groups is 1. The van der Waals surface area contributed by atoms with Gasteiger partial charge in [0, 0.05) is 5.69 Å². The van der Waals surface area contributed by atoms with Crippen molar-refractivity contribution < 1.29 is 17.6 Å². The minimum atomic E-state index is -4.57. The summed E-state index contributed by atoms with van der Waals surface area (Å²) in [5.74, 6) is -0.569. The second-order valence-corrected chi connectivity index (χ2v) is 4.70. The second-order valence-electron chi connectivity index (χ2n) is 4.29. The summed E-state index contributed by atoms with van der Waals surface area (Å²) < 4.78 is 51.0. The Kier molecular flexibility index (Phi) is 4.56. The van der Waals surface area contributed by atoms with Gasteiger partial charge in [-0.15, -0.1) is 0 Å². The Bertz CT molecular complexity index is 696. The number of nitrogens with two attached hydrogens (primary N) is 1. The number of hydrogen-bond acceptors (Lipinski definition) is 1. The minimum Gasteiger partial charge on any atom is -0.369 e. The molecule has 0 aliphatic carbocycles. The third kappa shape index (κ3) is 4.11. The number of guanidine groups is 1. The van der Waals surface area contributed by atoms with Crippen LogP contribution in [0, 0.1) is 5.82 Å². The van der Waals surface area contributed by atoms with Crippen LogP contribution in [0.1, 0.15) is 5.56 Å². The van der Waals surface area contributed by atoms with Crippen LogP contribution >= 0.6 is 11.6 Å². The lowest BCUT2D eigenvalue weighted by Gasteiger charge is -2.12. The molecule has 22 heavy (non-hydrogen) atoms. The molecular formula is C14H10ClF4N3. The van der Waals surface area contributed by atoms with Gasteiger partial charge in [-0.3, -0.25) is 0 Å². The zero-order valence-electron chi connectivity index (χ0n) is 11.0. The summed E-state index contributed by atoms with van der Waals surface area (Å²) in [6.45, 7) is 0. The Balaban J connectivity index is 2.21. The standard InChI is InChI=1S/C14H10ClF4N3/c15-12-6-5-10(7-11(12)14(17,18)19)22-13(20)21-9-3-1-8(16)2-4-9/h1-7H,(H3,20,21,22). The van der Waals surface area contributed by atoms with Gasteiger partial charge in [-0.25, -0.2) is 9.38 Å². The molecule has 0 radical (unpaired) electrons. The summed E-state index contributed by atoms with van der Waals surface area (Å²) in [5, 5.41) is 2.11. The lowest BCUT2D eigenvalue weighted by Crippen LogP contribution is -2.22. The van der Waals surface area contributed by atoms with E-state index in [1.54, 1.807) is 0 Å². The van der Waals surface area contributed by atoms with Gasteiger partial charge in [0.25, 0.3) is 0 Å². The number of rotatable bonds is 2. The van der Waals surface area contributed by atoms with Crippen molar-refractivity contribution in [3.63, 3.8) is 0 Å². The number of alkyl halides is 3. The molecule has 0 unspecified atom stereocenters. The highest BCUT2D eigenvalue weighted by Crippen LogP contribution is 2.36. The van der Waals surface area contributed by atoms with E-state index < -0.39 is 22.6 Å². The summed E-state index contributed by atoms with van der Waals surface area (Å²) in [7, 11) is 0. The molecule has 0 amide bonds. The van der Waals surface area contributed by atoms with Crippen LogP contribution in [0.25, 0.3) is 0 Å². The molecule has 3 nitrogen and oxygen atoms in total. The maximum absolute atomic E-state index is 12.8. The normalized spacial score (nSPS) is 12.3. The molecule has 0 bridgehead atoms. The highest BCUT2D eigenvalue weighted by atomic mass is 35.5. The van der Waals surface area contributed by atoms with Gasteiger partial charge in [0.2, 0.25) is 0 Å². The van der Waals surface area contributed by atoms with Gasteiger partial charge in [0.15, 0.2) is 5.96 Å². The van der Waals surface area contributed by atoms with E-state index in [0.29, 0.717) is 5.69 Å². The Labute approximate surface area is 128 Å². The summed E-state index contributed by atoms with van der Waals surface area (Å²) in [5.41, 5.74) is 5.07.